The second-order valence-corrected chi connectivity index (χ2v) is 4.96. The number of aromatic nitrogens is 2. The summed E-state index contributed by atoms with van der Waals surface area (Å²) in [5.41, 5.74) is 5.22. The van der Waals surface area contributed by atoms with Gasteiger partial charge in [-0.3, -0.25) is 0 Å². The van der Waals surface area contributed by atoms with Crippen LogP contribution < -0.4 is 5.32 Å². The summed E-state index contributed by atoms with van der Waals surface area (Å²) in [5, 5.41) is 9.18. The lowest BCUT2D eigenvalue weighted by molar-refractivity contribution is 0.639. The van der Waals surface area contributed by atoms with Crippen molar-refractivity contribution in [2.45, 2.75) is 13.0 Å². The molecule has 1 N–H and O–H groups in total. The van der Waals surface area contributed by atoms with E-state index in [4.69, 9.17) is 0 Å². The smallest absolute Gasteiger partial charge is 0.0741 e. The van der Waals surface area contributed by atoms with Gasteiger partial charge in [-0.05, 0) is 36.2 Å². The maximum atomic E-state index is 4.57. The van der Waals surface area contributed by atoms with E-state index < -0.39 is 0 Å². The minimum absolute atomic E-state index is 0.961. The van der Waals surface area contributed by atoms with E-state index in [1.807, 2.05) is 6.20 Å². The predicted molar refractivity (Wildman–Crippen MR) is 76.5 cm³/mol. The molecule has 0 bridgehead atoms. The Labute approximate surface area is 111 Å². The molecule has 3 aromatic rings. The van der Waals surface area contributed by atoms with Gasteiger partial charge < -0.3 is 5.32 Å². The van der Waals surface area contributed by atoms with E-state index in [2.05, 4.69) is 57.6 Å². The monoisotopic (exact) mass is 249 g/mol. The molecule has 1 aromatic heterocycles. The minimum atomic E-state index is 0.961. The lowest BCUT2D eigenvalue weighted by Crippen LogP contribution is -2.24. The fourth-order valence-corrected chi connectivity index (χ4v) is 2.87. The number of hydrogen-bond donors (Lipinski definition) is 1. The molecule has 0 atom stereocenters. The molecule has 1 aliphatic heterocycles. The first-order chi connectivity index (χ1) is 9.43. The molecule has 3 nitrogen and oxygen atoms in total. The molecular formula is C16H15N3. The third kappa shape index (κ3) is 1.66. The van der Waals surface area contributed by atoms with Gasteiger partial charge in [-0.15, -0.1) is 0 Å². The zero-order valence-corrected chi connectivity index (χ0v) is 10.6. The highest BCUT2D eigenvalue weighted by atomic mass is 15.3. The van der Waals surface area contributed by atoms with Gasteiger partial charge in [-0.1, -0.05) is 30.3 Å². The Morgan fingerprint density at radius 3 is 3.00 bits per heavy atom. The second kappa shape index (κ2) is 4.21. The van der Waals surface area contributed by atoms with Crippen molar-refractivity contribution >= 4 is 10.9 Å². The summed E-state index contributed by atoms with van der Waals surface area (Å²) in [7, 11) is 0. The van der Waals surface area contributed by atoms with Crippen molar-refractivity contribution in [1.82, 2.24) is 15.1 Å². The molecule has 0 spiro atoms. The molecule has 3 heteroatoms. The molecule has 0 radical (unpaired) electrons. The highest BCUT2D eigenvalue weighted by molar-refractivity contribution is 5.80. The molecule has 0 saturated heterocycles. The maximum Gasteiger partial charge on any atom is 0.0741 e. The molecule has 0 saturated carbocycles. The third-order valence-corrected chi connectivity index (χ3v) is 3.82. The number of nitrogens with one attached hydrogen (secondary N) is 1. The lowest BCUT2D eigenvalue weighted by Gasteiger charge is -2.20. The molecule has 19 heavy (non-hydrogen) atoms. The van der Waals surface area contributed by atoms with Crippen LogP contribution in [0.3, 0.4) is 0 Å². The summed E-state index contributed by atoms with van der Waals surface area (Å²) in [6, 6.07) is 14.9. The van der Waals surface area contributed by atoms with Crippen LogP contribution in [0.1, 0.15) is 11.1 Å². The zero-order valence-electron chi connectivity index (χ0n) is 10.6. The Bertz CT molecular complexity index is 743. The van der Waals surface area contributed by atoms with Gasteiger partial charge in [0, 0.05) is 11.9 Å². The van der Waals surface area contributed by atoms with Crippen molar-refractivity contribution in [3.8, 4) is 5.69 Å². The molecule has 1 aliphatic rings. The number of fused-ring (bicyclic) bond motifs is 2. The van der Waals surface area contributed by atoms with E-state index >= 15 is 0 Å². The van der Waals surface area contributed by atoms with E-state index in [1.165, 1.54) is 27.7 Å². The maximum absolute atomic E-state index is 4.57. The molecule has 2 aromatic carbocycles. The molecule has 2 heterocycles. The Balaban J connectivity index is 1.97. The Morgan fingerprint density at radius 2 is 2.00 bits per heavy atom. The van der Waals surface area contributed by atoms with E-state index in [0.717, 1.165) is 19.5 Å². The largest absolute Gasteiger partial charge is 0.312 e. The first-order valence-corrected chi connectivity index (χ1v) is 6.68. The number of hydrogen-bond acceptors (Lipinski definition) is 2. The van der Waals surface area contributed by atoms with Crippen LogP contribution in [0.25, 0.3) is 16.6 Å². The fourth-order valence-electron chi connectivity index (χ4n) is 2.87. The van der Waals surface area contributed by atoms with Crippen LogP contribution >= 0.6 is 0 Å². The van der Waals surface area contributed by atoms with Crippen LogP contribution in [0.2, 0.25) is 0 Å². The predicted octanol–water partition coefficient (Wildman–Crippen LogP) is 2.67. The summed E-state index contributed by atoms with van der Waals surface area (Å²) in [6.45, 7) is 2.01. The fraction of sp³-hybridized carbons (Fsp3) is 0.188. The van der Waals surface area contributed by atoms with Crippen molar-refractivity contribution in [2.75, 3.05) is 6.54 Å². The summed E-state index contributed by atoms with van der Waals surface area (Å²) in [4.78, 5) is 0. The first kappa shape index (κ1) is 10.8. The molecule has 0 unspecified atom stereocenters. The van der Waals surface area contributed by atoms with E-state index in [9.17, 15) is 0 Å². The number of nitrogens with zero attached hydrogens (tertiary/aromatic N) is 2. The van der Waals surface area contributed by atoms with Crippen LogP contribution in [-0.2, 0) is 13.0 Å². The molecule has 0 aliphatic carbocycles. The molecule has 0 amide bonds. The molecule has 94 valence electrons. The molecule has 0 fully saturated rings. The second-order valence-electron chi connectivity index (χ2n) is 4.96. The Kier molecular flexibility index (Phi) is 2.38. The molecular weight excluding hydrogens is 234 g/mol. The van der Waals surface area contributed by atoms with Crippen molar-refractivity contribution in [3.63, 3.8) is 0 Å². The third-order valence-electron chi connectivity index (χ3n) is 3.82. The quantitative estimate of drug-likeness (QED) is 0.718. The average molecular weight is 249 g/mol. The van der Waals surface area contributed by atoms with Crippen molar-refractivity contribution < 1.29 is 0 Å². The van der Waals surface area contributed by atoms with Crippen molar-refractivity contribution in [2.24, 2.45) is 0 Å². The van der Waals surface area contributed by atoms with Crippen LogP contribution in [0.5, 0.6) is 0 Å². The highest BCUT2D eigenvalue weighted by Gasteiger charge is 2.15. The van der Waals surface area contributed by atoms with Crippen molar-refractivity contribution in [3.05, 3.63) is 59.8 Å². The standard InChI is InChI=1S/C16H15N3/c1-2-6-15-13(4-1)11-18-19(15)16-7-3-5-12-10-17-9-8-14(12)16/h1-7,11,17H,8-10H2. The van der Waals surface area contributed by atoms with Gasteiger partial charge in [-0.2, -0.15) is 5.10 Å². The summed E-state index contributed by atoms with van der Waals surface area (Å²) >= 11 is 0. The van der Waals surface area contributed by atoms with Crippen LogP contribution in [0.4, 0.5) is 0 Å². The van der Waals surface area contributed by atoms with Gasteiger partial charge in [-0.25, -0.2) is 4.68 Å². The topological polar surface area (TPSA) is 29.9 Å². The highest BCUT2D eigenvalue weighted by Crippen LogP contribution is 2.25. The summed E-state index contributed by atoms with van der Waals surface area (Å²) in [6.07, 6.45) is 3.01. The van der Waals surface area contributed by atoms with Gasteiger partial charge in [0.2, 0.25) is 0 Å². The lowest BCUT2D eigenvalue weighted by atomic mass is 9.99. The summed E-state index contributed by atoms with van der Waals surface area (Å²) < 4.78 is 2.07. The molecule has 4 rings (SSSR count). The minimum Gasteiger partial charge on any atom is -0.312 e. The number of para-hydroxylation sites is 1. The van der Waals surface area contributed by atoms with Crippen molar-refractivity contribution in [1.29, 1.82) is 0 Å². The van der Waals surface area contributed by atoms with E-state index in [-0.39, 0.29) is 0 Å². The van der Waals surface area contributed by atoms with Crippen LogP contribution in [-0.4, -0.2) is 16.3 Å². The van der Waals surface area contributed by atoms with Gasteiger partial charge in [0.1, 0.15) is 0 Å². The van der Waals surface area contributed by atoms with E-state index in [1.54, 1.807) is 0 Å². The van der Waals surface area contributed by atoms with Gasteiger partial charge in [0.25, 0.3) is 0 Å². The van der Waals surface area contributed by atoms with Crippen LogP contribution in [0, 0.1) is 0 Å². The van der Waals surface area contributed by atoms with Gasteiger partial charge >= 0.3 is 0 Å². The van der Waals surface area contributed by atoms with Crippen LogP contribution in [0.15, 0.2) is 48.7 Å². The Hall–Kier alpha value is -2.13. The SMILES string of the molecule is c1cc2c(c(-n3ncc4ccccc43)c1)CCNC2. The number of rotatable bonds is 1. The summed E-state index contributed by atoms with van der Waals surface area (Å²) in [5.74, 6) is 0. The first-order valence-electron chi connectivity index (χ1n) is 6.68. The van der Waals surface area contributed by atoms with Gasteiger partial charge in [0.05, 0.1) is 17.4 Å². The zero-order chi connectivity index (χ0) is 12.7. The number of benzene rings is 2. The van der Waals surface area contributed by atoms with Gasteiger partial charge in [0.15, 0.2) is 0 Å². The Morgan fingerprint density at radius 1 is 1.05 bits per heavy atom. The average Bonchev–Trinajstić information content (AvgIpc) is 2.90. The normalized spacial score (nSPS) is 14.5. The van der Waals surface area contributed by atoms with E-state index in [0.29, 0.717) is 0 Å².